The lowest BCUT2D eigenvalue weighted by atomic mass is 10.9. The van der Waals surface area contributed by atoms with Crippen LogP contribution in [0.2, 0.25) is 0 Å². The Morgan fingerprint density at radius 3 is 1.86 bits per heavy atom. The third kappa shape index (κ3) is 6.35. The van der Waals surface area contributed by atoms with E-state index >= 15 is 0 Å². The highest BCUT2D eigenvalue weighted by molar-refractivity contribution is 7.26. The Balaban J connectivity index is 2.45. The molecule has 0 bridgehead atoms. The van der Waals surface area contributed by atoms with Crippen LogP contribution in [-0.4, -0.2) is 13.2 Å². The first-order valence-corrected chi connectivity index (χ1v) is 3.09. The van der Waals surface area contributed by atoms with Crippen molar-refractivity contribution in [1.82, 2.24) is 0 Å². The van der Waals surface area contributed by atoms with Crippen molar-refractivity contribution in [2.75, 3.05) is 13.2 Å². The Bertz CT molecular complexity index is 28.9. The maximum Gasteiger partial charge on any atom is 0.256 e. The minimum atomic E-state index is 0.643. The van der Waals surface area contributed by atoms with Crippen molar-refractivity contribution in [1.29, 1.82) is 0 Å². The molecule has 0 atom stereocenters. The fourth-order valence-corrected chi connectivity index (χ4v) is 0.428. The number of rotatable bonds is 4. The van der Waals surface area contributed by atoms with Crippen LogP contribution in [0.1, 0.15) is 13.8 Å². The second-order valence-electron chi connectivity index (χ2n) is 0.910. The third-order valence-electron chi connectivity index (χ3n) is 0.364. The molecule has 0 fully saturated rings. The van der Waals surface area contributed by atoms with E-state index in [2.05, 4.69) is 0 Å². The Morgan fingerprint density at radius 2 is 1.57 bits per heavy atom. The summed E-state index contributed by atoms with van der Waals surface area (Å²) in [4.78, 5) is 0. The molecule has 0 heterocycles. The van der Waals surface area contributed by atoms with Gasteiger partial charge in [-0.3, -0.25) is 0 Å². The molecule has 0 amide bonds. The van der Waals surface area contributed by atoms with E-state index in [0.29, 0.717) is 9.03 Å². The fourth-order valence-electron chi connectivity index (χ4n) is 0.143. The molecule has 0 saturated heterocycles. The Hall–Kier alpha value is 0.350. The molecule has 43 valence electrons. The van der Waals surface area contributed by atoms with Gasteiger partial charge in [0.25, 0.3) is 9.03 Å². The van der Waals surface area contributed by atoms with Gasteiger partial charge in [-0.1, -0.05) is 0 Å². The molecule has 0 aliphatic rings. The molecule has 0 saturated carbocycles. The van der Waals surface area contributed by atoms with Gasteiger partial charge in [-0.2, -0.15) is 0 Å². The molecule has 0 aromatic rings. The monoisotopic (exact) mass is 121 g/mol. The second kappa shape index (κ2) is 6.35. The van der Waals surface area contributed by atoms with E-state index in [4.69, 9.17) is 9.05 Å². The standard InChI is InChI=1S/C4H10O2P/c1-3-5-7-6-4-2/h3-4H2,1-2H3. The first-order chi connectivity index (χ1) is 3.41. The molecule has 0 spiro atoms. The quantitative estimate of drug-likeness (QED) is 0.417. The zero-order chi connectivity index (χ0) is 5.54. The molecule has 0 aliphatic carbocycles. The van der Waals surface area contributed by atoms with Crippen LogP contribution in [0.15, 0.2) is 0 Å². The van der Waals surface area contributed by atoms with Crippen LogP contribution < -0.4 is 0 Å². The summed E-state index contributed by atoms with van der Waals surface area (Å²) in [6.07, 6.45) is 0. The third-order valence-corrected chi connectivity index (χ3v) is 1.09. The van der Waals surface area contributed by atoms with Crippen molar-refractivity contribution >= 4 is 9.03 Å². The molecule has 0 aliphatic heterocycles. The minimum Gasteiger partial charge on any atom is -0.328 e. The lowest BCUT2D eigenvalue weighted by Crippen LogP contribution is -1.78. The first kappa shape index (κ1) is 7.35. The predicted molar refractivity (Wildman–Crippen MR) is 30.2 cm³/mol. The SMILES string of the molecule is CCO[P]OCC. The summed E-state index contributed by atoms with van der Waals surface area (Å²) < 4.78 is 9.65. The predicted octanol–water partition coefficient (Wildman–Crippen LogP) is 1.84. The van der Waals surface area contributed by atoms with Crippen molar-refractivity contribution in [2.24, 2.45) is 0 Å². The maximum absolute atomic E-state index is 4.82. The molecule has 2 nitrogen and oxygen atoms in total. The zero-order valence-electron chi connectivity index (χ0n) is 4.68. The van der Waals surface area contributed by atoms with Gasteiger partial charge in [0.15, 0.2) is 0 Å². The van der Waals surface area contributed by atoms with E-state index in [0.717, 1.165) is 13.2 Å². The summed E-state index contributed by atoms with van der Waals surface area (Å²) in [7, 11) is 0.643. The molecule has 7 heavy (non-hydrogen) atoms. The average Bonchev–Trinajstić information content (AvgIpc) is 1.69. The molecule has 0 rings (SSSR count). The second-order valence-corrected chi connectivity index (χ2v) is 1.58. The number of hydrogen-bond acceptors (Lipinski definition) is 2. The zero-order valence-corrected chi connectivity index (χ0v) is 5.57. The first-order valence-electron chi connectivity index (χ1n) is 2.36. The van der Waals surface area contributed by atoms with E-state index in [1.54, 1.807) is 0 Å². The summed E-state index contributed by atoms with van der Waals surface area (Å²) in [5, 5.41) is 0. The Morgan fingerprint density at radius 1 is 1.14 bits per heavy atom. The van der Waals surface area contributed by atoms with Crippen LogP contribution in [0.3, 0.4) is 0 Å². The van der Waals surface area contributed by atoms with Gasteiger partial charge in [-0.25, -0.2) is 0 Å². The highest BCUT2D eigenvalue weighted by Gasteiger charge is 1.80. The van der Waals surface area contributed by atoms with Crippen molar-refractivity contribution < 1.29 is 9.05 Å². The van der Waals surface area contributed by atoms with Crippen molar-refractivity contribution in [2.45, 2.75) is 13.8 Å². The topological polar surface area (TPSA) is 18.5 Å². The maximum atomic E-state index is 4.82. The molecule has 0 aromatic heterocycles. The molecule has 0 unspecified atom stereocenters. The van der Waals surface area contributed by atoms with Crippen LogP contribution in [-0.2, 0) is 9.05 Å². The molecule has 3 heteroatoms. The van der Waals surface area contributed by atoms with E-state index < -0.39 is 0 Å². The van der Waals surface area contributed by atoms with Crippen LogP contribution >= 0.6 is 9.03 Å². The van der Waals surface area contributed by atoms with Crippen molar-refractivity contribution in [3.63, 3.8) is 0 Å². The van der Waals surface area contributed by atoms with Crippen LogP contribution in [0.4, 0.5) is 0 Å². The lowest BCUT2D eigenvalue weighted by molar-refractivity contribution is 0.288. The molecule has 0 aromatic carbocycles. The van der Waals surface area contributed by atoms with Crippen LogP contribution in [0, 0.1) is 0 Å². The Kier molecular flexibility index (Phi) is 6.67. The molecule has 0 N–H and O–H groups in total. The summed E-state index contributed by atoms with van der Waals surface area (Å²) in [5.74, 6) is 0. The molecule has 1 radical (unpaired) electrons. The van der Waals surface area contributed by atoms with E-state index in [1.807, 2.05) is 13.8 Å². The molecular weight excluding hydrogens is 111 g/mol. The van der Waals surface area contributed by atoms with Gasteiger partial charge in [-0.05, 0) is 13.8 Å². The van der Waals surface area contributed by atoms with Crippen LogP contribution in [0.5, 0.6) is 0 Å². The summed E-state index contributed by atoms with van der Waals surface area (Å²) in [6.45, 7) is 5.32. The fraction of sp³-hybridized carbons (Fsp3) is 1.00. The summed E-state index contributed by atoms with van der Waals surface area (Å²) >= 11 is 0. The van der Waals surface area contributed by atoms with Gasteiger partial charge in [0.05, 0.1) is 13.2 Å². The lowest BCUT2D eigenvalue weighted by Gasteiger charge is -1.93. The van der Waals surface area contributed by atoms with Crippen molar-refractivity contribution in [3.05, 3.63) is 0 Å². The van der Waals surface area contributed by atoms with Gasteiger partial charge in [0, 0.05) is 0 Å². The van der Waals surface area contributed by atoms with Gasteiger partial charge in [0.1, 0.15) is 0 Å². The largest absolute Gasteiger partial charge is 0.328 e. The van der Waals surface area contributed by atoms with E-state index in [1.165, 1.54) is 0 Å². The van der Waals surface area contributed by atoms with Crippen LogP contribution in [0.25, 0.3) is 0 Å². The highest BCUT2D eigenvalue weighted by Crippen LogP contribution is 2.10. The van der Waals surface area contributed by atoms with Gasteiger partial charge < -0.3 is 9.05 Å². The van der Waals surface area contributed by atoms with Gasteiger partial charge >= 0.3 is 0 Å². The van der Waals surface area contributed by atoms with Crippen molar-refractivity contribution in [3.8, 4) is 0 Å². The van der Waals surface area contributed by atoms with Gasteiger partial charge in [-0.15, -0.1) is 0 Å². The number of hydrogen-bond donors (Lipinski definition) is 0. The smallest absolute Gasteiger partial charge is 0.256 e. The average molecular weight is 121 g/mol. The molecular formula is C4H10O2P. The van der Waals surface area contributed by atoms with E-state index in [9.17, 15) is 0 Å². The highest BCUT2D eigenvalue weighted by atomic mass is 31.1. The van der Waals surface area contributed by atoms with Gasteiger partial charge in [0.2, 0.25) is 0 Å². The summed E-state index contributed by atoms with van der Waals surface area (Å²) in [6, 6.07) is 0. The summed E-state index contributed by atoms with van der Waals surface area (Å²) in [5.41, 5.74) is 0. The van der Waals surface area contributed by atoms with E-state index in [-0.39, 0.29) is 0 Å². The normalized spacial score (nSPS) is 9.43. The minimum absolute atomic E-state index is 0.643. The Labute approximate surface area is 46.1 Å².